The second-order valence-electron chi connectivity index (χ2n) is 16.8. The number of nitrogens with one attached hydrogen (secondary N) is 4. The lowest BCUT2D eigenvalue weighted by molar-refractivity contribution is -0.140. The first-order chi connectivity index (χ1) is 29.8. The fraction of sp³-hybridized carbons (Fsp3) is 0.512. The SMILES string of the molecule is COc1cc(C(=O)NN2CCC(CN3CCN(c4cccc(C(=O)NC5CCC(=O)NC5=O)c4)CC3)CC2)ccc1Nc1ncc2c(n1)N(C1CCCC1)CC(F)(F)C(=O)N2C. The van der Waals surface area contributed by atoms with Crippen molar-refractivity contribution in [3.05, 3.63) is 59.8 Å². The van der Waals surface area contributed by atoms with Crippen LogP contribution in [0.3, 0.4) is 0 Å². The van der Waals surface area contributed by atoms with Gasteiger partial charge in [0.1, 0.15) is 17.5 Å². The van der Waals surface area contributed by atoms with Gasteiger partial charge in [0.25, 0.3) is 17.7 Å². The van der Waals surface area contributed by atoms with Crippen LogP contribution in [0.4, 0.5) is 37.6 Å². The van der Waals surface area contributed by atoms with Gasteiger partial charge in [-0.3, -0.25) is 39.6 Å². The van der Waals surface area contributed by atoms with E-state index in [0.29, 0.717) is 41.6 Å². The van der Waals surface area contributed by atoms with Gasteiger partial charge in [0.2, 0.25) is 17.8 Å². The number of alkyl halides is 2. The molecule has 4 fully saturated rings. The number of imide groups is 1. The van der Waals surface area contributed by atoms with E-state index >= 15 is 8.78 Å². The zero-order valence-electron chi connectivity index (χ0n) is 35.0. The van der Waals surface area contributed by atoms with Crippen LogP contribution in [0.5, 0.6) is 5.75 Å². The second kappa shape index (κ2) is 18.2. The highest BCUT2D eigenvalue weighted by Gasteiger charge is 2.49. The van der Waals surface area contributed by atoms with Gasteiger partial charge in [-0.2, -0.15) is 13.8 Å². The number of hydrogen-bond acceptors (Lipinski definition) is 13. The minimum atomic E-state index is -3.58. The van der Waals surface area contributed by atoms with Gasteiger partial charge in [0.15, 0.2) is 5.82 Å². The third-order valence-electron chi connectivity index (χ3n) is 12.6. The van der Waals surface area contributed by atoms with Crippen molar-refractivity contribution in [3.8, 4) is 5.75 Å². The van der Waals surface area contributed by atoms with Crippen LogP contribution < -0.4 is 40.8 Å². The van der Waals surface area contributed by atoms with E-state index in [-0.39, 0.29) is 54.1 Å². The number of anilines is 5. The largest absolute Gasteiger partial charge is 0.495 e. The van der Waals surface area contributed by atoms with E-state index < -0.39 is 30.3 Å². The molecule has 3 aromatic rings. The van der Waals surface area contributed by atoms with Gasteiger partial charge in [0.05, 0.1) is 25.5 Å². The smallest absolute Gasteiger partial charge is 0.342 e. The maximum Gasteiger partial charge on any atom is 0.342 e. The molecule has 0 radical (unpaired) electrons. The average Bonchev–Trinajstić information content (AvgIpc) is 3.80. The number of ether oxygens (including phenoxy) is 1. The Bertz CT molecular complexity index is 2190. The number of aromatic nitrogens is 2. The zero-order valence-corrected chi connectivity index (χ0v) is 35.0. The Balaban J connectivity index is 0.810. The number of methoxy groups -OCH3 is 1. The number of piperidine rings is 2. The van der Waals surface area contributed by atoms with Crippen LogP contribution in [-0.2, 0) is 14.4 Å². The standard InChI is InChI=1S/C43H53F2N11O6/c1-52-34-24-46-42(50-37(34)56(30-7-3-4-8-30)26-43(44,45)41(52)61)48-32-11-10-29(23-35(32)62-2)39(59)51-55-16-14-27(15-17-55)25-53-18-20-54(21-19-53)31-9-5-6-28(22-31)38(58)47-33-12-13-36(57)49-40(33)60/h5-6,9-11,22-24,27,30,33H,3-4,7-8,12-21,25-26H2,1-2H3,(H,47,58)(H,51,59)(H,46,48,50)(H,49,57,60). The summed E-state index contributed by atoms with van der Waals surface area (Å²) in [5.74, 6) is -5.05. The molecule has 1 aliphatic carbocycles. The molecule has 1 aromatic heterocycles. The molecule has 5 heterocycles. The van der Waals surface area contributed by atoms with E-state index in [4.69, 9.17) is 4.74 Å². The number of hydrazine groups is 1. The minimum Gasteiger partial charge on any atom is -0.495 e. The monoisotopic (exact) mass is 857 g/mol. The van der Waals surface area contributed by atoms with E-state index in [9.17, 15) is 24.0 Å². The fourth-order valence-electron chi connectivity index (χ4n) is 9.07. The van der Waals surface area contributed by atoms with Crippen molar-refractivity contribution in [2.45, 2.75) is 69.4 Å². The Hall–Kier alpha value is -5.95. The molecule has 19 heteroatoms. The molecule has 4 N–H and O–H groups in total. The maximum absolute atomic E-state index is 15.0. The van der Waals surface area contributed by atoms with Crippen LogP contribution in [0.15, 0.2) is 48.7 Å². The molecule has 8 rings (SSSR count). The summed E-state index contributed by atoms with van der Waals surface area (Å²) < 4.78 is 35.7. The van der Waals surface area contributed by atoms with Gasteiger partial charge in [-0.25, -0.2) is 9.99 Å². The summed E-state index contributed by atoms with van der Waals surface area (Å²) in [5.41, 5.74) is 5.54. The molecule has 3 saturated heterocycles. The Morgan fingerprint density at radius 1 is 0.919 bits per heavy atom. The first-order valence-corrected chi connectivity index (χ1v) is 21.4. The summed E-state index contributed by atoms with van der Waals surface area (Å²) in [6.07, 6.45) is 7.01. The normalized spacial score (nSPS) is 21.6. The Morgan fingerprint density at radius 3 is 2.39 bits per heavy atom. The molecule has 5 amide bonds. The zero-order chi connectivity index (χ0) is 43.5. The molecule has 2 aromatic carbocycles. The highest BCUT2D eigenvalue weighted by Crippen LogP contribution is 2.40. The van der Waals surface area contributed by atoms with Gasteiger partial charge in [-0.15, -0.1) is 0 Å². The Kier molecular flexibility index (Phi) is 12.5. The third kappa shape index (κ3) is 9.42. The molecule has 1 atom stereocenters. The molecular weight excluding hydrogens is 805 g/mol. The number of fused-ring (bicyclic) bond motifs is 1. The van der Waals surface area contributed by atoms with E-state index in [1.54, 1.807) is 29.2 Å². The molecule has 0 bridgehead atoms. The number of benzene rings is 2. The number of carbonyl (C=O) groups excluding carboxylic acids is 5. The summed E-state index contributed by atoms with van der Waals surface area (Å²) in [6.45, 7) is 5.01. The summed E-state index contributed by atoms with van der Waals surface area (Å²) >= 11 is 0. The molecule has 0 spiro atoms. The number of nitrogens with zero attached hydrogens (tertiary/aromatic N) is 7. The van der Waals surface area contributed by atoms with E-state index in [2.05, 4.69) is 41.1 Å². The maximum atomic E-state index is 15.0. The quantitative estimate of drug-likeness (QED) is 0.206. The highest BCUT2D eigenvalue weighted by atomic mass is 19.3. The first-order valence-electron chi connectivity index (χ1n) is 21.4. The lowest BCUT2D eigenvalue weighted by Crippen LogP contribution is -2.52. The molecule has 5 aliphatic rings. The van der Waals surface area contributed by atoms with Crippen LogP contribution in [0.25, 0.3) is 0 Å². The van der Waals surface area contributed by atoms with E-state index in [1.165, 1.54) is 20.4 Å². The van der Waals surface area contributed by atoms with Gasteiger partial charge in [0, 0.05) is 82.1 Å². The highest BCUT2D eigenvalue weighted by molar-refractivity contribution is 6.04. The van der Waals surface area contributed by atoms with Gasteiger partial charge >= 0.3 is 5.92 Å². The Labute approximate surface area is 358 Å². The van der Waals surface area contributed by atoms with Gasteiger partial charge < -0.3 is 30.1 Å². The number of piperazine rings is 1. The van der Waals surface area contributed by atoms with Gasteiger partial charge in [-0.1, -0.05) is 18.9 Å². The number of halogens is 2. The van der Waals surface area contributed by atoms with Crippen molar-refractivity contribution in [1.82, 2.24) is 35.9 Å². The Morgan fingerprint density at radius 2 is 1.66 bits per heavy atom. The third-order valence-corrected chi connectivity index (χ3v) is 12.6. The predicted molar refractivity (Wildman–Crippen MR) is 227 cm³/mol. The molecule has 4 aliphatic heterocycles. The first kappa shape index (κ1) is 42.7. The lowest BCUT2D eigenvalue weighted by Gasteiger charge is -2.39. The predicted octanol–water partition coefficient (Wildman–Crippen LogP) is 3.30. The molecule has 62 heavy (non-hydrogen) atoms. The number of hydrogen-bond donors (Lipinski definition) is 4. The van der Waals surface area contributed by atoms with Crippen molar-refractivity contribution in [1.29, 1.82) is 0 Å². The van der Waals surface area contributed by atoms with Crippen LogP contribution in [-0.4, -0.2) is 134 Å². The topological polar surface area (TPSA) is 185 Å². The fourth-order valence-corrected chi connectivity index (χ4v) is 9.07. The van der Waals surface area contributed by atoms with Crippen molar-refractivity contribution in [2.24, 2.45) is 5.92 Å². The molecule has 330 valence electrons. The summed E-state index contributed by atoms with van der Waals surface area (Å²) in [5, 5.41) is 10.1. The number of amides is 5. The minimum absolute atomic E-state index is 0.138. The van der Waals surface area contributed by atoms with E-state index in [1.807, 2.05) is 23.2 Å². The number of rotatable bonds is 11. The van der Waals surface area contributed by atoms with Crippen LogP contribution in [0, 0.1) is 5.92 Å². The lowest BCUT2D eigenvalue weighted by atomic mass is 9.96. The van der Waals surface area contributed by atoms with Crippen LogP contribution in [0.1, 0.15) is 72.1 Å². The second-order valence-corrected chi connectivity index (χ2v) is 16.8. The molecule has 17 nitrogen and oxygen atoms in total. The van der Waals surface area contributed by atoms with Crippen LogP contribution >= 0.6 is 0 Å². The van der Waals surface area contributed by atoms with Crippen molar-refractivity contribution in [2.75, 3.05) is 86.5 Å². The van der Waals surface area contributed by atoms with Crippen molar-refractivity contribution < 1.29 is 37.5 Å². The average molecular weight is 858 g/mol. The van der Waals surface area contributed by atoms with Crippen molar-refractivity contribution >= 4 is 58.4 Å². The van der Waals surface area contributed by atoms with Gasteiger partial charge in [-0.05, 0) is 74.4 Å². The molecule has 1 unspecified atom stereocenters. The summed E-state index contributed by atoms with van der Waals surface area (Å²) in [4.78, 5) is 78.8. The number of carbonyl (C=O) groups is 5. The van der Waals surface area contributed by atoms with E-state index in [0.717, 1.165) is 81.8 Å². The van der Waals surface area contributed by atoms with Crippen LogP contribution in [0.2, 0.25) is 0 Å². The summed E-state index contributed by atoms with van der Waals surface area (Å²) in [7, 11) is 2.80. The molecule has 1 saturated carbocycles. The summed E-state index contributed by atoms with van der Waals surface area (Å²) in [6, 6.07) is 11.5. The molecular formula is C43H53F2N11O6. The van der Waals surface area contributed by atoms with Crippen molar-refractivity contribution in [3.63, 3.8) is 0 Å².